The van der Waals surface area contributed by atoms with E-state index in [0.29, 0.717) is 18.8 Å². The Kier molecular flexibility index (Phi) is 6.17. The monoisotopic (exact) mass is 237 g/mol. The van der Waals surface area contributed by atoms with E-state index >= 15 is 0 Å². The molecule has 94 valence electrons. The van der Waals surface area contributed by atoms with Gasteiger partial charge in [-0.1, -0.05) is 6.92 Å². The first-order valence-electron chi connectivity index (χ1n) is 5.86. The summed E-state index contributed by atoms with van der Waals surface area (Å²) in [4.78, 5) is 19.8. The fourth-order valence-corrected chi connectivity index (χ4v) is 1.33. The minimum absolute atomic E-state index is 0.164. The molecule has 0 aliphatic rings. The molecule has 0 aliphatic heterocycles. The largest absolute Gasteiger partial charge is 0.385 e. The first-order chi connectivity index (χ1) is 8.27. The topological polar surface area (TPSA) is 64.1 Å². The molecule has 1 aromatic heterocycles. The zero-order valence-corrected chi connectivity index (χ0v) is 10.4. The number of ether oxygens (including phenoxy) is 1. The van der Waals surface area contributed by atoms with Crippen LogP contribution in [0, 0.1) is 0 Å². The van der Waals surface area contributed by atoms with Crippen LogP contribution < -0.4 is 5.32 Å². The van der Waals surface area contributed by atoms with Gasteiger partial charge in [0.25, 0.3) is 5.91 Å². The molecule has 0 aromatic carbocycles. The lowest BCUT2D eigenvalue weighted by atomic mass is 10.2. The number of aryl methyl sites for hydroxylation is 1. The highest BCUT2D eigenvalue weighted by Crippen LogP contribution is 1.99. The Morgan fingerprint density at radius 2 is 2.24 bits per heavy atom. The molecule has 1 amide bonds. The van der Waals surface area contributed by atoms with E-state index in [1.54, 1.807) is 13.3 Å². The van der Waals surface area contributed by atoms with Crippen LogP contribution in [0.1, 0.15) is 35.9 Å². The molecule has 17 heavy (non-hydrogen) atoms. The number of nitrogens with zero attached hydrogens (tertiary/aromatic N) is 2. The molecule has 0 fully saturated rings. The minimum Gasteiger partial charge on any atom is -0.385 e. The molecule has 5 nitrogen and oxygen atoms in total. The van der Waals surface area contributed by atoms with Gasteiger partial charge in [-0.3, -0.25) is 9.78 Å². The van der Waals surface area contributed by atoms with Gasteiger partial charge in [-0.2, -0.15) is 0 Å². The number of hydrogen-bond donors (Lipinski definition) is 1. The molecular formula is C12H19N3O2. The molecular weight excluding hydrogens is 218 g/mol. The molecule has 0 atom stereocenters. The number of hydrogen-bond acceptors (Lipinski definition) is 4. The van der Waals surface area contributed by atoms with E-state index in [2.05, 4.69) is 15.3 Å². The summed E-state index contributed by atoms with van der Waals surface area (Å²) in [5.41, 5.74) is 1.25. The number of methoxy groups -OCH3 is 1. The quantitative estimate of drug-likeness (QED) is 0.724. The van der Waals surface area contributed by atoms with Crippen molar-refractivity contribution in [3.8, 4) is 0 Å². The summed E-state index contributed by atoms with van der Waals surface area (Å²) in [6.45, 7) is 3.38. The number of rotatable bonds is 7. The fraction of sp³-hybridized carbons (Fsp3) is 0.583. The minimum atomic E-state index is -0.164. The van der Waals surface area contributed by atoms with Crippen molar-refractivity contribution in [1.29, 1.82) is 0 Å². The maximum atomic E-state index is 11.5. The molecule has 0 saturated heterocycles. The Balaban J connectivity index is 2.46. The normalized spacial score (nSPS) is 10.2. The van der Waals surface area contributed by atoms with E-state index in [1.807, 2.05) is 6.92 Å². The lowest BCUT2D eigenvalue weighted by Gasteiger charge is -2.03. The van der Waals surface area contributed by atoms with Crippen molar-refractivity contribution >= 4 is 5.91 Å². The second-order valence-electron chi connectivity index (χ2n) is 3.75. The van der Waals surface area contributed by atoms with Gasteiger partial charge in [-0.25, -0.2) is 4.98 Å². The van der Waals surface area contributed by atoms with E-state index in [9.17, 15) is 4.79 Å². The van der Waals surface area contributed by atoms with Crippen LogP contribution in [0.25, 0.3) is 0 Å². The van der Waals surface area contributed by atoms with E-state index in [-0.39, 0.29) is 5.91 Å². The first-order valence-corrected chi connectivity index (χ1v) is 5.86. The number of aromatic nitrogens is 2. The van der Waals surface area contributed by atoms with Crippen LogP contribution in [0.5, 0.6) is 0 Å². The lowest BCUT2D eigenvalue weighted by molar-refractivity contribution is 0.0948. The van der Waals surface area contributed by atoms with Crippen molar-refractivity contribution < 1.29 is 9.53 Å². The summed E-state index contributed by atoms with van der Waals surface area (Å²) >= 11 is 0. The Morgan fingerprint density at radius 3 is 2.82 bits per heavy atom. The molecule has 0 saturated carbocycles. The first kappa shape index (κ1) is 13.6. The Labute approximate surface area is 102 Å². The van der Waals surface area contributed by atoms with Crippen LogP contribution >= 0.6 is 0 Å². The zero-order valence-electron chi connectivity index (χ0n) is 10.4. The van der Waals surface area contributed by atoms with E-state index in [1.165, 1.54) is 6.20 Å². The molecule has 1 heterocycles. The Hall–Kier alpha value is -1.49. The number of nitrogens with one attached hydrogen (secondary N) is 1. The third-order valence-corrected chi connectivity index (χ3v) is 2.25. The maximum Gasteiger partial charge on any atom is 0.271 e. The highest BCUT2D eigenvalue weighted by Gasteiger charge is 2.06. The number of carbonyl (C=O) groups is 1. The molecule has 1 rings (SSSR count). The predicted octanol–water partition coefficient (Wildman–Crippen LogP) is 1.20. The summed E-state index contributed by atoms with van der Waals surface area (Å²) in [7, 11) is 1.67. The second-order valence-corrected chi connectivity index (χ2v) is 3.75. The highest BCUT2D eigenvalue weighted by atomic mass is 16.5. The van der Waals surface area contributed by atoms with Crippen molar-refractivity contribution in [2.24, 2.45) is 0 Å². The Bertz CT molecular complexity index is 338. The second kappa shape index (κ2) is 7.73. The van der Waals surface area contributed by atoms with Crippen LogP contribution in [0.4, 0.5) is 0 Å². The third kappa shape index (κ3) is 4.91. The van der Waals surface area contributed by atoms with Crippen molar-refractivity contribution in [1.82, 2.24) is 15.3 Å². The molecule has 1 aromatic rings. The predicted molar refractivity (Wildman–Crippen MR) is 64.9 cm³/mol. The zero-order chi connectivity index (χ0) is 12.5. The SMILES string of the molecule is CCCNC(=O)c1cnc(CCCOC)cn1. The van der Waals surface area contributed by atoms with Crippen molar-refractivity contribution in [2.45, 2.75) is 26.2 Å². The molecule has 0 aliphatic carbocycles. The van der Waals surface area contributed by atoms with Crippen LogP contribution in [-0.2, 0) is 11.2 Å². The molecule has 5 heteroatoms. The summed E-state index contributed by atoms with van der Waals surface area (Å²) in [5, 5.41) is 2.76. The summed E-state index contributed by atoms with van der Waals surface area (Å²) < 4.78 is 4.96. The van der Waals surface area contributed by atoms with Gasteiger partial charge in [0.2, 0.25) is 0 Å². The smallest absolute Gasteiger partial charge is 0.271 e. The maximum absolute atomic E-state index is 11.5. The van der Waals surface area contributed by atoms with Gasteiger partial charge >= 0.3 is 0 Å². The highest BCUT2D eigenvalue weighted by molar-refractivity contribution is 5.91. The van der Waals surface area contributed by atoms with E-state index in [0.717, 1.165) is 25.0 Å². The molecule has 0 spiro atoms. The van der Waals surface area contributed by atoms with Gasteiger partial charge in [-0.05, 0) is 19.3 Å². The van der Waals surface area contributed by atoms with Gasteiger partial charge in [0.1, 0.15) is 5.69 Å². The van der Waals surface area contributed by atoms with Crippen LogP contribution in [-0.4, -0.2) is 36.1 Å². The van der Waals surface area contributed by atoms with Crippen LogP contribution in [0.2, 0.25) is 0 Å². The van der Waals surface area contributed by atoms with Gasteiger partial charge in [-0.15, -0.1) is 0 Å². The van der Waals surface area contributed by atoms with Crippen molar-refractivity contribution in [3.63, 3.8) is 0 Å². The molecule has 0 bridgehead atoms. The molecule has 0 unspecified atom stereocenters. The molecule has 1 N–H and O–H groups in total. The van der Waals surface area contributed by atoms with Crippen molar-refractivity contribution in [2.75, 3.05) is 20.3 Å². The van der Waals surface area contributed by atoms with Crippen LogP contribution in [0.3, 0.4) is 0 Å². The Morgan fingerprint density at radius 1 is 1.41 bits per heavy atom. The summed E-state index contributed by atoms with van der Waals surface area (Å²) in [6, 6.07) is 0. The van der Waals surface area contributed by atoms with Gasteiger partial charge in [0.15, 0.2) is 0 Å². The van der Waals surface area contributed by atoms with Gasteiger partial charge in [0, 0.05) is 26.5 Å². The fourth-order valence-electron chi connectivity index (χ4n) is 1.33. The lowest BCUT2D eigenvalue weighted by Crippen LogP contribution is -2.25. The summed E-state index contributed by atoms with van der Waals surface area (Å²) in [6.07, 6.45) is 5.81. The third-order valence-electron chi connectivity index (χ3n) is 2.25. The van der Waals surface area contributed by atoms with Gasteiger partial charge < -0.3 is 10.1 Å². The average Bonchev–Trinajstić information content (AvgIpc) is 2.37. The molecule has 0 radical (unpaired) electrons. The number of carbonyl (C=O) groups excluding carboxylic acids is 1. The van der Waals surface area contributed by atoms with Crippen molar-refractivity contribution in [3.05, 3.63) is 23.8 Å². The van der Waals surface area contributed by atoms with Crippen LogP contribution in [0.15, 0.2) is 12.4 Å². The average molecular weight is 237 g/mol. The van der Waals surface area contributed by atoms with E-state index < -0.39 is 0 Å². The summed E-state index contributed by atoms with van der Waals surface area (Å²) in [5.74, 6) is -0.164. The van der Waals surface area contributed by atoms with Gasteiger partial charge in [0.05, 0.1) is 11.9 Å². The number of amides is 1. The van der Waals surface area contributed by atoms with E-state index in [4.69, 9.17) is 4.74 Å². The standard InChI is InChI=1S/C12H19N3O2/c1-3-6-13-12(16)11-9-14-10(8-15-11)5-4-7-17-2/h8-9H,3-7H2,1-2H3,(H,13,16).